The minimum atomic E-state index is 0.680. The van der Waals surface area contributed by atoms with Crippen molar-refractivity contribution in [3.63, 3.8) is 0 Å². The molecule has 1 aliphatic carbocycles. The summed E-state index contributed by atoms with van der Waals surface area (Å²) >= 11 is 0. The normalized spacial score (nSPS) is 19.0. The van der Waals surface area contributed by atoms with Crippen LogP contribution >= 0.6 is 0 Å². The minimum Gasteiger partial charge on any atom is -0.315 e. The second-order valence-corrected chi connectivity index (χ2v) is 6.24. The zero-order valence-corrected chi connectivity index (χ0v) is 13.0. The number of hydrogen-bond acceptors (Lipinski definition) is 2. The second-order valence-electron chi connectivity index (χ2n) is 6.24. The van der Waals surface area contributed by atoms with Crippen molar-refractivity contribution >= 4 is 0 Å². The Labute approximate surface area is 115 Å². The molecule has 1 unspecified atom stereocenters. The van der Waals surface area contributed by atoms with E-state index in [9.17, 15) is 0 Å². The molecule has 0 amide bonds. The lowest BCUT2D eigenvalue weighted by Crippen LogP contribution is -2.46. The van der Waals surface area contributed by atoms with Crippen LogP contribution in [0.1, 0.15) is 65.7 Å². The lowest BCUT2D eigenvalue weighted by Gasteiger charge is -2.33. The topological polar surface area (TPSA) is 15.3 Å². The number of unbranched alkanes of at least 4 members (excludes halogenated alkanes) is 2. The molecule has 2 heteroatoms. The molecule has 1 saturated carbocycles. The summed E-state index contributed by atoms with van der Waals surface area (Å²) in [5, 5.41) is 3.58. The van der Waals surface area contributed by atoms with Gasteiger partial charge in [0.05, 0.1) is 0 Å². The number of rotatable bonds is 9. The molecular weight excluding hydrogens is 220 g/mol. The predicted molar refractivity (Wildman–Crippen MR) is 81.0 cm³/mol. The Balaban J connectivity index is 2.40. The average molecular weight is 254 g/mol. The summed E-state index contributed by atoms with van der Waals surface area (Å²) in [5.41, 5.74) is 0. The molecule has 2 nitrogen and oxygen atoms in total. The number of likely N-dealkylation sites (N-methyl/N-ethyl adjacent to an activating group) is 1. The third-order valence-corrected chi connectivity index (χ3v) is 4.55. The smallest absolute Gasteiger partial charge is 0.0220 e. The van der Waals surface area contributed by atoms with Crippen molar-refractivity contribution in [2.45, 2.75) is 77.8 Å². The molecule has 0 aromatic rings. The lowest BCUT2D eigenvalue weighted by molar-refractivity contribution is 0.173. The number of nitrogens with zero attached hydrogens (tertiary/aromatic N) is 1. The van der Waals surface area contributed by atoms with E-state index < -0.39 is 0 Å². The van der Waals surface area contributed by atoms with Crippen LogP contribution in [0.4, 0.5) is 0 Å². The van der Waals surface area contributed by atoms with Crippen LogP contribution in [0.2, 0.25) is 0 Å². The molecule has 0 aromatic heterocycles. The molecular formula is C16H34N2. The highest BCUT2D eigenvalue weighted by atomic mass is 15.2. The van der Waals surface area contributed by atoms with E-state index in [2.05, 4.69) is 38.0 Å². The molecule has 0 saturated heterocycles. The fraction of sp³-hybridized carbons (Fsp3) is 1.00. The third kappa shape index (κ3) is 5.27. The molecule has 1 rings (SSSR count). The SMILES string of the molecule is CCCCCN(CC(NC)C1CCCC1)C(C)C. The van der Waals surface area contributed by atoms with Gasteiger partial charge in [0.25, 0.3) is 0 Å². The van der Waals surface area contributed by atoms with E-state index in [1.54, 1.807) is 0 Å². The maximum Gasteiger partial charge on any atom is 0.0220 e. The highest BCUT2D eigenvalue weighted by Crippen LogP contribution is 2.28. The van der Waals surface area contributed by atoms with Crippen molar-refractivity contribution in [2.24, 2.45) is 5.92 Å². The van der Waals surface area contributed by atoms with Crippen LogP contribution in [0.5, 0.6) is 0 Å². The van der Waals surface area contributed by atoms with Gasteiger partial charge in [0, 0.05) is 18.6 Å². The molecule has 1 fully saturated rings. The van der Waals surface area contributed by atoms with Crippen molar-refractivity contribution in [3.05, 3.63) is 0 Å². The standard InChI is InChI=1S/C16H34N2/c1-5-6-9-12-18(14(2)3)13-16(17-4)15-10-7-8-11-15/h14-17H,5-13H2,1-4H3. The Morgan fingerprint density at radius 1 is 1.17 bits per heavy atom. The van der Waals surface area contributed by atoms with Gasteiger partial charge in [0.15, 0.2) is 0 Å². The summed E-state index contributed by atoms with van der Waals surface area (Å²) in [6.45, 7) is 9.48. The van der Waals surface area contributed by atoms with Crippen LogP contribution in [-0.2, 0) is 0 Å². The molecule has 18 heavy (non-hydrogen) atoms. The highest BCUT2D eigenvalue weighted by molar-refractivity contribution is 4.83. The molecule has 0 bridgehead atoms. The van der Waals surface area contributed by atoms with Crippen molar-refractivity contribution in [2.75, 3.05) is 20.1 Å². The first kappa shape index (κ1) is 16.0. The fourth-order valence-electron chi connectivity index (χ4n) is 3.21. The van der Waals surface area contributed by atoms with Crippen LogP contribution in [0.15, 0.2) is 0 Å². The van der Waals surface area contributed by atoms with Crippen LogP contribution in [0.25, 0.3) is 0 Å². The van der Waals surface area contributed by atoms with E-state index >= 15 is 0 Å². The van der Waals surface area contributed by atoms with E-state index in [-0.39, 0.29) is 0 Å². The Morgan fingerprint density at radius 3 is 2.33 bits per heavy atom. The number of nitrogens with one attached hydrogen (secondary N) is 1. The molecule has 0 radical (unpaired) electrons. The van der Waals surface area contributed by atoms with Gasteiger partial charge in [-0.05, 0) is 52.6 Å². The van der Waals surface area contributed by atoms with Gasteiger partial charge in [-0.15, -0.1) is 0 Å². The van der Waals surface area contributed by atoms with E-state index in [0.29, 0.717) is 12.1 Å². The van der Waals surface area contributed by atoms with Gasteiger partial charge < -0.3 is 5.32 Å². The van der Waals surface area contributed by atoms with Crippen LogP contribution < -0.4 is 5.32 Å². The van der Waals surface area contributed by atoms with Crippen molar-refractivity contribution < 1.29 is 0 Å². The number of hydrogen-bond donors (Lipinski definition) is 1. The lowest BCUT2D eigenvalue weighted by atomic mass is 9.97. The minimum absolute atomic E-state index is 0.680. The van der Waals surface area contributed by atoms with Crippen LogP contribution in [0, 0.1) is 5.92 Å². The van der Waals surface area contributed by atoms with Crippen LogP contribution in [-0.4, -0.2) is 37.1 Å². The summed E-state index contributed by atoms with van der Waals surface area (Å²) in [6, 6.07) is 1.38. The highest BCUT2D eigenvalue weighted by Gasteiger charge is 2.26. The first-order chi connectivity index (χ1) is 8.69. The first-order valence-electron chi connectivity index (χ1n) is 8.10. The van der Waals surface area contributed by atoms with Crippen molar-refractivity contribution in [1.29, 1.82) is 0 Å². The Morgan fingerprint density at radius 2 is 1.83 bits per heavy atom. The molecule has 0 spiro atoms. The molecule has 108 valence electrons. The van der Waals surface area contributed by atoms with Gasteiger partial charge in [-0.3, -0.25) is 4.90 Å². The van der Waals surface area contributed by atoms with E-state index in [0.717, 1.165) is 5.92 Å². The Bertz CT molecular complexity index is 197. The van der Waals surface area contributed by atoms with Gasteiger partial charge in [-0.1, -0.05) is 32.6 Å². The third-order valence-electron chi connectivity index (χ3n) is 4.55. The maximum absolute atomic E-state index is 3.58. The Kier molecular flexibility index (Phi) is 7.92. The predicted octanol–water partition coefficient (Wildman–Crippen LogP) is 3.67. The summed E-state index contributed by atoms with van der Waals surface area (Å²) in [6.07, 6.45) is 9.82. The zero-order chi connectivity index (χ0) is 13.4. The summed E-state index contributed by atoms with van der Waals surface area (Å²) in [5.74, 6) is 0.919. The Hall–Kier alpha value is -0.0800. The van der Waals surface area contributed by atoms with Gasteiger partial charge in [-0.2, -0.15) is 0 Å². The molecule has 0 heterocycles. The van der Waals surface area contributed by atoms with E-state index in [4.69, 9.17) is 0 Å². The fourth-order valence-corrected chi connectivity index (χ4v) is 3.21. The average Bonchev–Trinajstić information content (AvgIpc) is 2.87. The van der Waals surface area contributed by atoms with E-state index in [1.165, 1.54) is 58.0 Å². The van der Waals surface area contributed by atoms with Crippen LogP contribution in [0.3, 0.4) is 0 Å². The van der Waals surface area contributed by atoms with E-state index in [1.807, 2.05) is 0 Å². The summed E-state index contributed by atoms with van der Waals surface area (Å²) < 4.78 is 0. The molecule has 1 aliphatic rings. The molecule has 0 aromatic carbocycles. The molecule has 1 N–H and O–H groups in total. The maximum atomic E-state index is 3.58. The second kappa shape index (κ2) is 8.92. The monoisotopic (exact) mass is 254 g/mol. The zero-order valence-electron chi connectivity index (χ0n) is 13.0. The summed E-state index contributed by atoms with van der Waals surface area (Å²) in [7, 11) is 2.15. The van der Waals surface area contributed by atoms with Gasteiger partial charge in [0.1, 0.15) is 0 Å². The molecule has 0 aliphatic heterocycles. The van der Waals surface area contributed by atoms with Gasteiger partial charge in [0.2, 0.25) is 0 Å². The van der Waals surface area contributed by atoms with Crippen molar-refractivity contribution in [1.82, 2.24) is 10.2 Å². The van der Waals surface area contributed by atoms with Crippen molar-refractivity contribution in [3.8, 4) is 0 Å². The molecule has 1 atom stereocenters. The van der Waals surface area contributed by atoms with Gasteiger partial charge in [-0.25, -0.2) is 0 Å². The largest absolute Gasteiger partial charge is 0.315 e. The first-order valence-corrected chi connectivity index (χ1v) is 8.10. The summed E-state index contributed by atoms with van der Waals surface area (Å²) in [4.78, 5) is 2.68. The van der Waals surface area contributed by atoms with Gasteiger partial charge >= 0.3 is 0 Å². The quantitative estimate of drug-likeness (QED) is 0.632.